The lowest BCUT2D eigenvalue weighted by Crippen LogP contribution is -1.95. The van der Waals surface area contributed by atoms with Crippen LogP contribution in [0.25, 0.3) is 0 Å². The minimum atomic E-state index is 0.756. The minimum Gasteiger partial charge on any atom is -0.0628 e. The Morgan fingerprint density at radius 3 is 0.800 bits per heavy atom. The molecule has 0 heterocycles. The second-order valence-corrected chi connectivity index (χ2v) is 14.8. The van der Waals surface area contributed by atoms with E-state index in [4.69, 9.17) is 0 Å². The molecule has 0 aliphatic rings. The average Bonchev–Trinajstić information content (AvgIpc) is 2.86. The molecule has 0 saturated carbocycles. The third kappa shape index (κ3) is 24.3. The maximum Gasteiger partial charge on any atom is -0.0256 e. The van der Waals surface area contributed by atoms with Crippen LogP contribution >= 0.6 is 0 Å². The van der Waals surface area contributed by atoms with Crippen LogP contribution < -0.4 is 0 Å². The summed E-state index contributed by atoms with van der Waals surface area (Å²) in [4.78, 5) is 0. The lowest BCUT2D eigenvalue weighted by molar-refractivity contribution is 0.483. The van der Waals surface area contributed by atoms with E-state index in [1.165, 1.54) is 86.5 Å². The highest BCUT2D eigenvalue weighted by Crippen LogP contribution is 2.15. The van der Waals surface area contributed by atoms with Crippen LogP contribution in [0.5, 0.6) is 0 Å². The van der Waals surface area contributed by atoms with Crippen molar-refractivity contribution in [1.82, 2.24) is 0 Å². The molecule has 0 radical (unpaired) electrons. The van der Waals surface area contributed by atoms with Gasteiger partial charge >= 0.3 is 0 Å². The van der Waals surface area contributed by atoms with Crippen molar-refractivity contribution >= 4 is 0 Å². The molecule has 2 rings (SSSR count). The summed E-state index contributed by atoms with van der Waals surface area (Å²) in [7, 11) is 0. The summed E-state index contributed by atoms with van der Waals surface area (Å²) in [5.74, 6) is 4.91. The number of benzene rings is 2. The zero-order valence-electron chi connectivity index (χ0n) is 29.2. The Labute approximate surface area is 253 Å². The molecule has 0 fully saturated rings. The summed E-state index contributed by atoms with van der Waals surface area (Å²) < 4.78 is 0. The van der Waals surface area contributed by atoms with Gasteiger partial charge in [-0.25, -0.2) is 0 Å². The second kappa shape index (κ2) is 23.1. The van der Waals surface area contributed by atoms with E-state index in [1.54, 1.807) is 0 Å². The molecule has 0 unspecified atom stereocenters. The van der Waals surface area contributed by atoms with E-state index in [0.29, 0.717) is 0 Å². The molecule has 0 aromatic heterocycles. The molecule has 0 aliphatic heterocycles. The molecule has 2 aromatic rings. The topological polar surface area (TPSA) is 0 Å². The molecular weight excluding hydrogens is 480 g/mol. The first-order valence-corrected chi connectivity index (χ1v) is 16.9. The molecule has 230 valence electrons. The summed E-state index contributed by atoms with van der Waals surface area (Å²) in [6.45, 7) is 27.4. The molecule has 0 spiro atoms. The molecule has 0 heteroatoms. The van der Waals surface area contributed by atoms with Crippen LogP contribution in [-0.2, 0) is 25.7 Å². The summed E-state index contributed by atoms with van der Waals surface area (Å²) in [6, 6.07) is 18.3. The summed E-state index contributed by atoms with van der Waals surface area (Å²) in [6.07, 6.45) is 13.1. The van der Waals surface area contributed by atoms with Gasteiger partial charge in [-0.3, -0.25) is 0 Å². The summed E-state index contributed by atoms with van der Waals surface area (Å²) in [5, 5.41) is 0. The van der Waals surface area contributed by atoms with Gasteiger partial charge in [0.25, 0.3) is 0 Å². The highest BCUT2D eigenvalue weighted by molar-refractivity contribution is 5.23. The molecule has 0 atom stereocenters. The lowest BCUT2D eigenvalue weighted by Gasteiger charge is -2.07. The molecule has 0 saturated heterocycles. The van der Waals surface area contributed by atoms with Crippen molar-refractivity contribution in [2.45, 2.75) is 147 Å². The van der Waals surface area contributed by atoms with E-state index in [1.807, 2.05) is 0 Å². The molecule has 0 bridgehead atoms. The SMILES string of the molecule is CC(C)CCCCC(C)C.CC(C)CCc1ccc(CC(C)C)cc1.CC(C)CCc1ccc(CC(C)C)cc1. The Morgan fingerprint density at radius 2 is 0.575 bits per heavy atom. The van der Waals surface area contributed by atoms with Crippen molar-refractivity contribution in [3.8, 4) is 0 Å². The normalized spacial score (nSPS) is 11.3. The van der Waals surface area contributed by atoms with Gasteiger partial charge in [-0.05, 0) is 96.3 Å². The smallest absolute Gasteiger partial charge is 0.0256 e. The average molecular weight is 551 g/mol. The molecule has 2 aromatic carbocycles. The van der Waals surface area contributed by atoms with Gasteiger partial charge in [-0.1, -0.05) is 157 Å². The Hall–Kier alpha value is -1.56. The lowest BCUT2D eigenvalue weighted by atomic mass is 9.98. The van der Waals surface area contributed by atoms with Crippen LogP contribution in [0.4, 0.5) is 0 Å². The third-order valence-corrected chi connectivity index (χ3v) is 7.17. The first-order chi connectivity index (χ1) is 18.8. The van der Waals surface area contributed by atoms with Gasteiger partial charge in [-0.15, -0.1) is 0 Å². The van der Waals surface area contributed by atoms with E-state index >= 15 is 0 Å². The maximum absolute atomic E-state index is 2.30. The van der Waals surface area contributed by atoms with Crippen LogP contribution in [0, 0.1) is 35.5 Å². The van der Waals surface area contributed by atoms with Crippen molar-refractivity contribution in [3.63, 3.8) is 0 Å². The fourth-order valence-electron chi connectivity index (χ4n) is 4.64. The van der Waals surface area contributed by atoms with Crippen molar-refractivity contribution in [1.29, 1.82) is 0 Å². The molecule has 0 aliphatic carbocycles. The van der Waals surface area contributed by atoms with E-state index in [9.17, 15) is 0 Å². The highest BCUT2D eigenvalue weighted by Gasteiger charge is 2.01. The monoisotopic (exact) mass is 551 g/mol. The summed E-state index contributed by atoms with van der Waals surface area (Å²) >= 11 is 0. The predicted octanol–water partition coefficient (Wildman–Crippen LogP) is 12.8. The van der Waals surface area contributed by atoms with Gasteiger partial charge in [0, 0.05) is 0 Å². The van der Waals surface area contributed by atoms with Crippen LogP contribution in [0.2, 0.25) is 0 Å². The third-order valence-electron chi connectivity index (χ3n) is 7.17. The predicted molar refractivity (Wildman–Crippen MR) is 184 cm³/mol. The molecule has 0 nitrogen and oxygen atoms in total. The molecule has 0 amide bonds. The first kappa shape index (κ1) is 38.4. The minimum absolute atomic E-state index is 0.756. The summed E-state index contributed by atoms with van der Waals surface area (Å²) in [5.41, 5.74) is 5.91. The Bertz CT molecular complexity index is 731. The standard InChI is InChI=1S/2C15H24.C10H22/c2*1-12(2)5-6-14-7-9-15(10-8-14)11-13(3)4;1-9(2)7-5-6-8-10(3)4/h2*7-10,12-13H,5-6,11H2,1-4H3;9-10H,5-8H2,1-4H3. The zero-order chi connectivity index (χ0) is 30.5. The molecule has 40 heavy (non-hydrogen) atoms. The van der Waals surface area contributed by atoms with Crippen molar-refractivity contribution in [3.05, 3.63) is 70.8 Å². The number of rotatable bonds is 15. The van der Waals surface area contributed by atoms with Crippen molar-refractivity contribution in [2.24, 2.45) is 35.5 Å². The number of unbranched alkanes of at least 4 members (excludes halogenated alkanes) is 1. The number of aryl methyl sites for hydroxylation is 2. The maximum atomic E-state index is 2.30. The van der Waals surface area contributed by atoms with Gasteiger partial charge in [0.1, 0.15) is 0 Å². The van der Waals surface area contributed by atoms with Gasteiger partial charge in [0.15, 0.2) is 0 Å². The largest absolute Gasteiger partial charge is 0.0628 e. The fraction of sp³-hybridized carbons (Fsp3) is 0.700. The Morgan fingerprint density at radius 1 is 0.325 bits per heavy atom. The zero-order valence-corrected chi connectivity index (χ0v) is 29.2. The highest BCUT2D eigenvalue weighted by atomic mass is 14.1. The quantitative estimate of drug-likeness (QED) is 0.193. The fourth-order valence-corrected chi connectivity index (χ4v) is 4.64. The Balaban J connectivity index is 0.000000585. The van der Waals surface area contributed by atoms with Crippen molar-refractivity contribution < 1.29 is 0 Å². The van der Waals surface area contributed by atoms with Crippen LogP contribution in [-0.4, -0.2) is 0 Å². The number of hydrogen-bond donors (Lipinski definition) is 0. The van der Waals surface area contributed by atoms with Crippen LogP contribution in [0.3, 0.4) is 0 Å². The molecular formula is C40H70. The van der Waals surface area contributed by atoms with Gasteiger partial charge in [0.2, 0.25) is 0 Å². The van der Waals surface area contributed by atoms with Gasteiger partial charge < -0.3 is 0 Å². The van der Waals surface area contributed by atoms with E-state index < -0.39 is 0 Å². The van der Waals surface area contributed by atoms with Gasteiger partial charge in [-0.2, -0.15) is 0 Å². The van der Waals surface area contributed by atoms with E-state index in [-0.39, 0.29) is 0 Å². The van der Waals surface area contributed by atoms with Crippen molar-refractivity contribution in [2.75, 3.05) is 0 Å². The van der Waals surface area contributed by atoms with Crippen LogP contribution in [0.15, 0.2) is 48.5 Å². The van der Waals surface area contributed by atoms with E-state index in [0.717, 1.165) is 35.5 Å². The Kier molecular flexibility index (Phi) is 22.2. The number of hydrogen-bond acceptors (Lipinski definition) is 0. The van der Waals surface area contributed by atoms with Gasteiger partial charge in [0.05, 0.1) is 0 Å². The van der Waals surface area contributed by atoms with Crippen LogP contribution in [0.1, 0.15) is 144 Å². The van der Waals surface area contributed by atoms with E-state index in [2.05, 4.69) is 132 Å². The molecule has 0 N–H and O–H groups in total. The second-order valence-electron chi connectivity index (χ2n) is 14.8. The first-order valence-electron chi connectivity index (χ1n) is 16.9.